The molecule has 0 aromatic heterocycles. The van der Waals surface area contributed by atoms with Crippen molar-refractivity contribution in [3.63, 3.8) is 0 Å². The number of hydrogen-bond donors (Lipinski definition) is 0. The predicted molar refractivity (Wildman–Crippen MR) is 231 cm³/mol. The average molecular weight is 695 g/mol. The molecule has 0 atom stereocenters. The van der Waals surface area contributed by atoms with Crippen molar-refractivity contribution in [2.24, 2.45) is 0 Å². The molecule has 0 spiro atoms. The third-order valence-electron chi connectivity index (χ3n) is 10.9. The molecule has 0 amide bonds. The minimum absolute atomic E-state index is 0.161. The van der Waals surface area contributed by atoms with E-state index in [4.69, 9.17) is 0 Å². The molecule has 260 valence electrons. The van der Waals surface area contributed by atoms with E-state index < -0.39 is 0 Å². The van der Waals surface area contributed by atoms with Crippen LogP contribution in [0.4, 0.5) is 34.1 Å². The van der Waals surface area contributed by atoms with Crippen molar-refractivity contribution in [1.82, 2.24) is 0 Å². The van der Waals surface area contributed by atoms with Crippen LogP contribution in [0.3, 0.4) is 0 Å². The van der Waals surface area contributed by atoms with E-state index in [1.165, 1.54) is 55.5 Å². The van der Waals surface area contributed by atoms with Crippen LogP contribution in [-0.2, 0) is 5.41 Å². The molecule has 8 aromatic rings. The van der Waals surface area contributed by atoms with E-state index in [-0.39, 0.29) is 5.41 Å². The van der Waals surface area contributed by atoms with Crippen LogP contribution in [0, 0.1) is 6.92 Å². The van der Waals surface area contributed by atoms with E-state index in [1.54, 1.807) is 0 Å². The van der Waals surface area contributed by atoms with Gasteiger partial charge >= 0.3 is 0 Å². The second-order valence-corrected chi connectivity index (χ2v) is 14.7. The molecule has 0 N–H and O–H groups in total. The first-order valence-electron chi connectivity index (χ1n) is 18.8. The molecule has 2 heteroatoms. The number of rotatable bonds is 8. The third-order valence-corrected chi connectivity index (χ3v) is 10.9. The summed E-state index contributed by atoms with van der Waals surface area (Å²) >= 11 is 0. The molecule has 1 aliphatic rings. The zero-order valence-corrected chi connectivity index (χ0v) is 30.9. The molecule has 0 heterocycles. The van der Waals surface area contributed by atoms with Crippen molar-refractivity contribution >= 4 is 57.0 Å². The molecular weight excluding hydrogens is 653 g/mol. The summed E-state index contributed by atoms with van der Waals surface area (Å²) in [6.45, 7) is 6.93. The van der Waals surface area contributed by atoms with E-state index in [1.807, 2.05) is 0 Å². The average Bonchev–Trinajstić information content (AvgIpc) is 3.44. The summed E-state index contributed by atoms with van der Waals surface area (Å²) in [4.78, 5) is 4.71. The predicted octanol–water partition coefficient (Wildman–Crippen LogP) is 14.6. The maximum atomic E-state index is 2.42. The molecule has 0 unspecified atom stereocenters. The van der Waals surface area contributed by atoms with Gasteiger partial charge in [0.2, 0.25) is 0 Å². The summed E-state index contributed by atoms with van der Waals surface area (Å²) in [6.07, 6.45) is 4.46. The molecule has 0 saturated carbocycles. The highest BCUT2D eigenvalue weighted by molar-refractivity contribution is 5.91. The highest BCUT2D eigenvalue weighted by Gasteiger charge is 2.36. The lowest BCUT2D eigenvalue weighted by molar-refractivity contribution is 0.660. The topological polar surface area (TPSA) is 6.48 Å². The highest BCUT2D eigenvalue weighted by atomic mass is 15.1. The number of aryl methyl sites for hydroxylation is 1. The number of nitrogens with zero attached hydrogens (tertiary/aromatic N) is 2. The standard InChI is InChI=1S/C52H42N2/c1-37-14-10-13-21-51(37)54(45-30-27-40-15-11-12-16-41(40)35-45)46-31-33-48-47-32-26-39(34-49(47)52(2,3)50(48)36-46)23-22-38-24-28-44(29-25-38)53(42-17-6-4-7-18-42)43-19-8-5-9-20-43/h4-36H,1-3H3/b23-22+. The monoisotopic (exact) mass is 694 g/mol. The smallest absolute Gasteiger partial charge is 0.0490 e. The molecule has 0 fully saturated rings. The fourth-order valence-electron chi connectivity index (χ4n) is 8.07. The Kier molecular flexibility index (Phi) is 8.44. The van der Waals surface area contributed by atoms with Gasteiger partial charge in [-0.05, 0) is 123 Å². The number of hydrogen-bond acceptors (Lipinski definition) is 2. The first-order valence-corrected chi connectivity index (χ1v) is 18.8. The second-order valence-electron chi connectivity index (χ2n) is 14.7. The van der Waals surface area contributed by atoms with Gasteiger partial charge in [-0.2, -0.15) is 0 Å². The maximum absolute atomic E-state index is 2.42. The van der Waals surface area contributed by atoms with Crippen molar-refractivity contribution in [1.29, 1.82) is 0 Å². The van der Waals surface area contributed by atoms with Gasteiger partial charge in [0.05, 0.1) is 0 Å². The summed E-state index contributed by atoms with van der Waals surface area (Å²) in [5, 5.41) is 2.48. The number of fused-ring (bicyclic) bond motifs is 4. The Balaban J connectivity index is 1.02. The summed E-state index contributed by atoms with van der Waals surface area (Å²) in [7, 11) is 0. The lowest BCUT2D eigenvalue weighted by atomic mass is 9.81. The molecule has 0 saturated heterocycles. The third kappa shape index (κ3) is 6.06. The van der Waals surface area contributed by atoms with Gasteiger partial charge in [0.1, 0.15) is 0 Å². The van der Waals surface area contributed by atoms with Crippen LogP contribution in [-0.4, -0.2) is 0 Å². The van der Waals surface area contributed by atoms with Gasteiger partial charge in [-0.15, -0.1) is 0 Å². The van der Waals surface area contributed by atoms with E-state index in [9.17, 15) is 0 Å². The van der Waals surface area contributed by atoms with Gasteiger partial charge in [-0.3, -0.25) is 0 Å². The summed E-state index contributed by atoms with van der Waals surface area (Å²) < 4.78 is 0. The largest absolute Gasteiger partial charge is 0.311 e. The van der Waals surface area contributed by atoms with Crippen LogP contribution >= 0.6 is 0 Å². The van der Waals surface area contributed by atoms with Crippen molar-refractivity contribution in [3.8, 4) is 11.1 Å². The van der Waals surface area contributed by atoms with Crippen molar-refractivity contribution < 1.29 is 0 Å². The number of anilines is 6. The molecule has 8 aromatic carbocycles. The molecule has 0 bridgehead atoms. The summed E-state index contributed by atoms with van der Waals surface area (Å²) in [6, 6.07) is 68.0. The van der Waals surface area contributed by atoms with Crippen molar-refractivity contribution in [2.45, 2.75) is 26.2 Å². The first-order chi connectivity index (χ1) is 26.4. The van der Waals surface area contributed by atoms with E-state index in [0.717, 1.165) is 28.3 Å². The SMILES string of the molecule is Cc1ccccc1N(c1ccc2c(c1)C(C)(C)c1cc(/C=C/c3ccc(N(c4ccccc4)c4ccccc4)cc3)ccc1-2)c1ccc2ccccc2c1. The molecule has 2 nitrogen and oxygen atoms in total. The molecule has 9 rings (SSSR count). The van der Waals surface area contributed by atoms with Crippen molar-refractivity contribution in [3.05, 3.63) is 216 Å². The fraction of sp³-hybridized carbons (Fsp3) is 0.0769. The number of para-hydroxylation sites is 3. The molecule has 54 heavy (non-hydrogen) atoms. The quantitative estimate of drug-likeness (QED) is 0.146. The Morgan fingerprint density at radius 1 is 0.389 bits per heavy atom. The van der Waals surface area contributed by atoms with E-state index in [2.05, 4.69) is 231 Å². The lowest BCUT2D eigenvalue weighted by Crippen LogP contribution is -2.17. The summed E-state index contributed by atoms with van der Waals surface area (Å²) in [5.74, 6) is 0. The Hall–Kier alpha value is -6.64. The Bertz CT molecular complexity index is 2600. The van der Waals surface area contributed by atoms with Crippen molar-refractivity contribution in [2.75, 3.05) is 9.80 Å². The lowest BCUT2D eigenvalue weighted by Gasteiger charge is -2.29. The first kappa shape index (κ1) is 33.2. The van der Waals surface area contributed by atoms with Crippen LogP contribution in [0.15, 0.2) is 188 Å². The van der Waals surface area contributed by atoms with Crippen LogP contribution in [0.25, 0.3) is 34.1 Å². The Morgan fingerprint density at radius 3 is 1.59 bits per heavy atom. The van der Waals surface area contributed by atoms with Gasteiger partial charge in [-0.1, -0.05) is 147 Å². The minimum atomic E-state index is -0.161. The van der Waals surface area contributed by atoms with Gasteiger partial charge in [-0.25, -0.2) is 0 Å². The molecule has 0 aliphatic heterocycles. The van der Waals surface area contributed by atoms with Crippen LogP contribution < -0.4 is 9.80 Å². The minimum Gasteiger partial charge on any atom is -0.311 e. The van der Waals surface area contributed by atoms with Gasteiger partial charge in [0.15, 0.2) is 0 Å². The van der Waals surface area contributed by atoms with E-state index in [0.29, 0.717) is 0 Å². The molecular formula is C52H42N2. The second kappa shape index (κ2) is 13.7. The number of benzene rings is 8. The fourth-order valence-corrected chi connectivity index (χ4v) is 8.07. The molecule has 0 radical (unpaired) electrons. The van der Waals surface area contributed by atoms with E-state index >= 15 is 0 Å². The van der Waals surface area contributed by atoms with Gasteiger partial charge in [0.25, 0.3) is 0 Å². The van der Waals surface area contributed by atoms with Crippen LogP contribution in [0.5, 0.6) is 0 Å². The molecule has 1 aliphatic carbocycles. The summed E-state index contributed by atoms with van der Waals surface area (Å²) in [5.41, 5.74) is 15.7. The van der Waals surface area contributed by atoms with Gasteiger partial charge < -0.3 is 9.80 Å². The zero-order valence-electron chi connectivity index (χ0n) is 30.9. The highest BCUT2D eigenvalue weighted by Crippen LogP contribution is 2.51. The zero-order chi connectivity index (χ0) is 36.6. The maximum Gasteiger partial charge on any atom is 0.0490 e. The van der Waals surface area contributed by atoms with Crippen LogP contribution in [0.1, 0.15) is 41.7 Å². The van der Waals surface area contributed by atoms with Crippen LogP contribution in [0.2, 0.25) is 0 Å². The van der Waals surface area contributed by atoms with Gasteiger partial charge in [0, 0.05) is 39.5 Å². The normalized spacial score (nSPS) is 12.8. The Labute approximate surface area is 318 Å². The Morgan fingerprint density at radius 2 is 0.889 bits per heavy atom.